The van der Waals surface area contributed by atoms with Crippen LogP contribution in [0.1, 0.15) is 29.8 Å². The topological polar surface area (TPSA) is 72.2 Å². The van der Waals surface area contributed by atoms with Crippen molar-refractivity contribution < 1.29 is 9.90 Å². The van der Waals surface area contributed by atoms with E-state index in [0.29, 0.717) is 12.2 Å². The van der Waals surface area contributed by atoms with Crippen LogP contribution >= 0.6 is 0 Å². The average molecular weight is 272 g/mol. The molecule has 0 saturated carbocycles. The van der Waals surface area contributed by atoms with Gasteiger partial charge in [0.05, 0.1) is 5.69 Å². The van der Waals surface area contributed by atoms with E-state index >= 15 is 0 Å². The highest BCUT2D eigenvalue weighted by molar-refractivity contribution is 5.88. The van der Waals surface area contributed by atoms with Gasteiger partial charge in [-0.25, -0.2) is 9.48 Å². The average Bonchev–Trinajstić information content (AvgIpc) is 2.47. The van der Waals surface area contributed by atoms with Gasteiger partial charge in [0.1, 0.15) is 5.56 Å². The lowest BCUT2D eigenvalue weighted by Gasteiger charge is -2.07. The van der Waals surface area contributed by atoms with Gasteiger partial charge in [0.15, 0.2) is 0 Å². The van der Waals surface area contributed by atoms with E-state index < -0.39 is 11.5 Å². The largest absolute Gasteiger partial charge is 0.477 e. The number of rotatable bonds is 4. The molecule has 1 N–H and O–H groups in total. The lowest BCUT2D eigenvalue weighted by molar-refractivity contribution is 0.0693. The Morgan fingerprint density at radius 1 is 1.25 bits per heavy atom. The van der Waals surface area contributed by atoms with Crippen molar-refractivity contribution in [2.24, 2.45) is 0 Å². The summed E-state index contributed by atoms with van der Waals surface area (Å²) >= 11 is 0. The number of hydrogen-bond acceptors (Lipinski definition) is 3. The number of aromatic nitrogens is 2. The molecule has 0 spiro atoms. The smallest absolute Gasteiger partial charge is 0.341 e. The Morgan fingerprint density at radius 2 is 1.90 bits per heavy atom. The van der Waals surface area contributed by atoms with Gasteiger partial charge in [0.2, 0.25) is 0 Å². The van der Waals surface area contributed by atoms with Crippen molar-refractivity contribution in [2.45, 2.75) is 26.8 Å². The van der Waals surface area contributed by atoms with E-state index in [2.05, 4.69) is 12.0 Å². The molecule has 104 valence electrons. The van der Waals surface area contributed by atoms with Crippen molar-refractivity contribution in [3.8, 4) is 11.3 Å². The maximum atomic E-state index is 11.8. The van der Waals surface area contributed by atoms with Gasteiger partial charge < -0.3 is 5.11 Å². The maximum Gasteiger partial charge on any atom is 0.341 e. The van der Waals surface area contributed by atoms with Gasteiger partial charge in [0, 0.05) is 12.1 Å². The van der Waals surface area contributed by atoms with Crippen LogP contribution in [-0.2, 0) is 13.0 Å². The van der Waals surface area contributed by atoms with Crippen molar-refractivity contribution >= 4 is 5.97 Å². The third-order valence-electron chi connectivity index (χ3n) is 3.16. The van der Waals surface area contributed by atoms with Crippen LogP contribution in [0.3, 0.4) is 0 Å². The Balaban J connectivity index is 2.58. The van der Waals surface area contributed by atoms with Crippen LogP contribution in [-0.4, -0.2) is 20.9 Å². The molecule has 0 bridgehead atoms. The number of nitrogens with zero attached hydrogens (tertiary/aromatic N) is 2. The van der Waals surface area contributed by atoms with E-state index in [1.807, 2.05) is 24.3 Å². The van der Waals surface area contributed by atoms with Crippen LogP contribution in [0.4, 0.5) is 0 Å². The fourth-order valence-corrected chi connectivity index (χ4v) is 1.96. The highest BCUT2D eigenvalue weighted by Crippen LogP contribution is 2.17. The van der Waals surface area contributed by atoms with Crippen LogP contribution in [0.5, 0.6) is 0 Å². The summed E-state index contributed by atoms with van der Waals surface area (Å²) in [7, 11) is 0. The standard InChI is InChI=1S/C15H16N2O3/c1-3-10-5-7-11(8-6-10)13-9-12(15(19)20)14(18)17(4-2)16-13/h5-9H,3-4H2,1-2H3,(H,19,20). The Morgan fingerprint density at radius 3 is 2.40 bits per heavy atom. The van der Waals surface area contributed by atoms with Gasteiger partial charge in [-0.1, -0.05) is 31.2 Å². The van der Waals surface area contributed by atoms with E-state index in [-0.39, 0.29) is 5.56 Å². The molecule has 5 nitrogen and oxygen atoms in total. The Hall–Kier alpha value is -2.43. The molecule has 0 radical (unpaired) electrons. The van der Waals surface area contributed by atoms with E-state index in [1.54, 1.807) is 6.92 Å². The van der Waals surface area contributed by atoms with Gasteiger partial charge in [-0.2, -0.15) is 5.10 Å². The number of benzene rings is 1. The maximum absolute atomic E-state index is 11.8. The molecule has 0 aliphatic rings. The zero-order valence-corrected chi connectivity index (χ0v) is 11.5. The first-order valence-electron chi connectivity index (χ1n) is 6.51. The van der Waals surface area contributed by atoms with Gasteiger partial charge in [0.25, 0.3) is 5.56 Å². The second-order valence-electron chi connectivity index (χ2n) is 4.42. The zero-order valence-electron chi connectivity index (χ0n) is 11.5. The summed E-state index contributed by atoms with van der Waals surface area (Å²) in [5, 5.41) is 13.3. The van der Waals surface area contributed by atoms with E-state index in [9.17, 15) is 9.59 Å². The summed E-state index contributed by atoms with van der Waals surface area (Å²) in [5.74, 6) is -1.23. The summed E-state index contributed by atoms with van der Waals surface area (Å²) in [6.45, 7) is 4.15. The fraction of sp³-hybridized carbons (Fsp3) is 0.267. The molecule has 1 aromatic carbocycles. The quantitative estimate of drug-likeness (QED) is 0.926. The molecule has 2 aromatic rings. The lowest BCUT2D eigenvalue weighted by atomic mass is 10.1. The predicted molar refractivity (Wildman–Crippen MR) is 75.9 cm³/mol. The first-order chi connectivity index (χ1) is 9.56. The highest BCUT2D eigenvalue weighted by atomic mass is 16.4. The summed E-state index contributed by atoms with van der Waals surface area (Å²) in [5.41, 5.74) is 1.65. The van der Waals surface area contributed by atoms with E-state index in [4.69, 9.17) is 5.11 Å². The third kappa shape index (κ3) is 2.61. The second kappa shape index (κ2) is 5.69. The van der Waals surface area contributed by atoms with Crippen LogP contribution in [0, 0.1) is 0 Å². The molecule has 1 heterocycles. The number of carboxylic acids is 1. The minimum absolute atomic E-state index is 0.253. The Labute approximate surface area is 116 Å². The third-order valence-corrected chi connectivity index (χ3v) is 3.16. The summed E-state index contributed by atoms with van der Waals surface area (Å²) in [4.78, 5) is 23.0. The molecular formula is C15H16N2O3. The van der Waals surface area contributed by atoms with Crippen molar-refractivity contribution in [3.63, 3.8) is 0 Å². The number of carboxylic acid groups (broad SMARTS) is 1. The molecule has 0 aliphatic heterocycles. The monoisotopic (exact) mass is 272 g/mol. The van der Waals surface area contributed by atoms with Gasteiger partial charge >= 0.3 is 5.97 Å². The van der Waals surface area contributed by atoms with Crippen LogP contribution < -0.4 is 5.56 Å². The molecule has 20 heavy (non-hydrogen) atoms. The summed E-state index contributed by atoms with van der Waals surface area (Å²) < 4.78 is 1.17. The number of aromatic carboxylic acids is 1. The van der Waals surface area contributed by atoms with Crippen LogP contribution in [0.2, 0.25) is 0 Å². The predicted octanol–water partition coefficient (Wildman–Crippen LogP) is 2.19. The van der Waals surface area contributed by atoms with Crippen molar-refractivity contribution in [2.75, 3.05) is 0 Å². The van der Waals surface area contributed by atoms with Crippen LogP contribution in [0.15, 0.2) is 35.1 Å². The van der Waals surface area contributed by atoms with Crippen molar-refractivity contribution in [1.82, 2.24) is 9.78 Å². The number of carbonyl (C=O) groups is 1. The molecule has 0 amide bonds. The molecule has 5 heteroatoms. The summed E-state index contributed by atoms with van der Waals surface area (Å²) in [6.07, 6.45) is 0.933. The van der Waals surface area contributed by atoms with Crippen LogP contribution in [0.25, 0.3) is 11.3 Å². The first kappa shape index (κ1) is 14.0. The molecule has 0 fully saturated rings. The molecule has 0 saturated heterocycles. The minimum Gasteiger partial charge on any atom is -0.477 e. The van der Waals surface area contributed by atoms with Gasteiger partial charge in [-0.05, 0) is 25.0 Å². The Kier molecular flexibility index (Phi) is 3.98. The highest BCUT2D eigenvalue weighted by Gasteiger charge is 2.14. The van der Waals surface area contributed by atoms with Gasteiger partial charge in [-0.3, -0.25) is 4.79 Å². The molecule has 2 rings (SSSR count). The van der Waals surface area contributed by atoms with Crippen molar-refractivity contribution in [1.29, 1.82) is 0 Å². The molecular weight excluding hydrogens is 256 g/mol. The SMILES string of the molecule is CCc1ccc(-c2cc(C(=O)O)c(=O)n(CC)n2)cc1. The second-order valence-corrected chi connectivity index (χ2v) is 4.42. The minimum atomic E-state index is -1.23. The van der Waals surface area contributed by atoms with E-state index in [1.165, 1.54) is 16.3 Å². The van der Waals surface area contributed by atoms with Gasteiger partial charge in [-0.15, -0.1) is 0 Å². The molecule has 0 unspecified atom stereocenters. The summed E-state index contributed by atoms with van der Waals surface area (Å²) in [6, 6.07) is 9.05. The Bertz CT molecular complexity index is 687. The number of hydrogen-bond donors (Lipinski definition) is 1. The molecule has 0 atom stereocenters. The molecule has 0 aliphatic carbocycles. The normalized spacial score (nSPS) is 10.5. The molecule has 1 aromatic heterocycles. The number of aryl methyl sites for hydroxylation is 2. The first-order valence-corrected chi connectivity index (χ1v) is 6.51. The lowest BCUT2D eigenvalue weighted by Crippen LogP contribution is -2.28. The fourth-order valence-electron chi connectivity index (χ4n) is 1.96. The van der Waals surface area contributed by atoms with E-state index in [0.717, 1.165) is 12.0 Å². The van der Waals surface area contributed by atoms with Crippen molar-refractivity contribution in [3.05, 3.63) is 51.8 Å². The zero-order chi connectivity index (χ0) is 14.7.